The molecule has 1 saturated heterocycles. The van der Waals surface area contributed by atoms with Crippen molar-refractivity contribution >= 4 is 53.9 Å². The standard InChI is InChI=1S/C17H25N5O3.2ClH/c1-12(20-16(24)11-19-15(23)10-18)17(25)21-13-5-4-6-14(9-13)22-7-2-3-8-22;;/h4-6,9,12H,2-3,7-8,10-11,18H2,1H3,(H,19,23)(H,20,24)(H,21,25);2*1H. The number of amides is 3. The van der Waals surface area contributed by atoms with E-state index in [2.05, 4.69) is 20.9 Å². The lowest BCUT2D eigenvalue weighted by atomic mass is 10.2. The smallest absolute Gasteiger partial charge is 0.246 e. The van der Waals surface area contributed by atoms with Gasteiger partial charge in [-0.15, -0.1) is 24.8 Å². The van der Waals surface area contributed by atoms with E-state index in [1.165, 1.54) is 12.8 Å². The first-order chi connectivity index (χ1) is 12.0. The van der Waals surface area contributed by atoms with Gasteiger partial charge in [0.25, 0.3) is 0 Å². The van der Waals surface area contributed by atoms with Crippen LogP contribution in [0.15, 0.2) is 24.3 Å². The summed E-state index contributed by atoms with van der Waals surface area (Å²) in [6.07, 6.45) is 2.36. The van der Waals surface area contributed by atoms with Crippen molar-refractivity contribution in [2.45, 2.75) is 25.8 Å². The number of benzene rings is 1. The Morgan fingerprint density at radius 1 is 1.15 bits per heavy atom. The van der Waals surface area contributed by atoms with Gasteiger partial charge in [0.15, 0.2) is 0 Å². The van der Waals surface area contributed by atoms with E-state index in [1.807, 2.05) is 24.3 Å². The molecule has 152 valence electrons. The largest absolute Gasteiger partial charge is 0.371 e. The number of nitrogens with one attached hydrogen (secondary N) is 3. The fraction of sp³-hybridized carbons (Fsp3) is 0.471. The van der Waals surface area contributed by atoms with Crippen LogP contribution in [-0.4, -0.2) is 49.9 Å². The third-order valence-electron chi connectivity index (χ3n) is 3.99. The summed E-state index contributed by atoms with van der Waals surface area (Å²) >= 11 is 0. The fourth-order valence-corrected chi connectivity index (χ4v) is 2.62. The first-order valence-electron chi connectivity index (χ1n) is 8.41. The lowest BCUT2D eigenvalue weighted by Gasteiger charge is -2.19. The zero-order valence-electron chi connectivity index (χ0n) is 15.2. The fourth-order valence-electron chi connectivity index (χ4n) is 2.62. The number of anilines is 2. The summed E-state index contributed by atoms with van der Waals surface area (Å²) in [5.74, 6) is -1.20. The SMILES string of the molecule is CC(NC(=O)CNC(=O)CN)C(=O)Nc1cccc(N2CCCC2)c1.Cl.Cl. The Labute approximate surface area is 171 Å². The van der Waals surface area contributed by atoms with Crippen molar-refractivity contribution in [2.24, 2.45) is 5.73 Å². The molecule has 8 nitrogen and oxygen atoms in total. The maximum absolute atomic E-state index is 12.2. The number of carbonyl (C=O) groups excluding carboxylic acids is 3. The maximum atomic E-state index is 12.2. The molecule has 0 spiro atoms. The molecule has 3 amide bonds. The second kappa shape index (κ2) is 12.4. The van der Waals surface area contributed by atoms with Crippen molar-refractivity contribution in [1.82, 2.24) is 10.6 Å². The van der Waals surface area contributed by atoms with Crippen molar-refractivity contribution < 1.29 is 14.4 Å². The highest BCUT2D eigenvalue weighted by atomic mass is 35.5. The van der Waals surface area contributed by atoms with Gasteiger partial charge >= 0.3 is 0 Å². The summed E-state index contributed by atoms with van der Waals surface area (Å²) in [5, 5.41) is 7.68. The first-order valence-corrected chi connectivity index (χ1v) is 8.41. The predicted molar refractivity (Wildman–Crippen MR) is 111 cm³/mol. The summed E-state index contributed by atoms with van der Waals surface area (Å²) in [6.45, 7) is 3.24. The number of carbonyl (C=O) groups is 3. The number of hydrogen-bond acceptors (Lipinski definition) is 5. The molecule has 2 rings (SSSR count). The lowest BCUT2D eigenvalue weighted by molar-refractivity contribution is -0.127. The minimum Gasteiger partial charge on any atom is -0.371 e. The monoisotopic (exact) mass is 419 g/mol. The normalized spacial score (nSPS) is 13.6. The summed E-state index contributed by atoms with van der Waals surface area (Å²) in [5.41, 5.74) is 6.91. The van der Waals surface area contributed by atoms with Crippen LogP contribution >= 0.6 is 24.8 Å². The molecule has 10 heteroatoms. The van der Waals surface area contributed by atoms with Crippen LogP contribution in [0.2, 0.25) is 0 Å². The Hall–Kier alpha value is -2.03. The molecule has 5 N–H and O–H groups in total. The quantitative estimate of drug-likeness (QED) is 0.517. The van der Waals surface area contributed by atoms with Crippen molar-refractivity contribution in [3.05, 3.63) is 24.3 Å². The molecule has 1 unspecified atom stereocenters. The van der Waals surface area contributed by atoms with Gasteiger partial charge in [-0.3, -0.25) is 14.4 Å². The summed E-state index contributed by atoms with van der Waals surface area (Å²) < 4.78 is 0. The molecule has 1 aromatic rings. The van der Waals surface area contributed by atoms with E-state index in [9.17, 15) is 14.4 Å². The number of rotatable bonds is 7. The molecular weight excluding hydrogens is 393 g/mol. The zero-order valence-corrected chi connectivity index (χ0v) is 16.8. The zero-order chi connectivity index (χ0) is 18.2. The minimum absolute atomic E-state index is 0. The second-order valence-corrected chi connectivity index (χ2v) is 6.00. The van der Waals surface area contributed by atoms with E-state index in [4.69, 9.17) is 5.73 Å². The highest BCUT2D eigenvalue weighted by Crippen LogP contribution is 2.23. The third-order valence-corrected chi connectivity index (χ3v) is 3.99. The van der Waals surface area contributed by atoms with Crippen LogP contribution in [0.5, 0.6) is 0 Å². The number of hydrogen-bond donors (Lipinski definition) is 4. The molecule has 0 radical (unpaired) electrons. The molecule has 1 fully saturated rings. The number of nitrogens with two attached hydrogens (primary N) is 1. The summed E-state index contributed by atoms with van der Waals surface area (Å²) in [6, 6.07) is 6.94. The van der Waals surface area contributed by atoms with Gasteiger partial charge in [0.2, 0.25) is 17.7 Å². The van der Waals surface area contributed by atoms with Crippen molar-refractivity contribution in [3.63, 3.8) is 0 Å². The molecule has 0 aliphatic carbocycles. The van der Waals surface area contributed by atoms with Gasteiger partial charge in [-0.05, 0) is 38.0 Å². The third kappa shape index (κ3) is 8.03. The van der Waals surface area contributed by atoms with E-state index in [-0.39, 0.29) is 43.8 Å². The van der Waals surface area contributed by atoms with Crippen LogP contribution in [0.1, 0.15) is 19.8 Å². The van der Waals surface area contributed by atoms with Gasteiger partial charge in [-0.2, -0.15) is 0 Å². The van der Waals surface area contributed by atoms with E-state index in [0.717, 1.165) is 18.8 Å². The lowest BCUT2D eigenvalue weighted by Crippen LogP contribution is -2.46. The Bertz CT molecular complexity index is 639. The molecule has 1 heterocycles. The number of nitrogens with zero attached hydrogens (tertiary/aromatic N) is 1. The molecule has 0 saturated carbocycles. The van der Waals surface area contributed by atoms with E-state index >= 15 is 0 Å². The van der Waals surface area contributed by atoms with E-state index in [0.29, 0.717) is 5.69 Å². The van der Waals surface area contributed by atoms with Gasteiger partial charge < -0.3 is 26.6 Å². The first kappa shape index (κ1) is 25.0. The highest BCUT2D eigenvalue weighted by Gasteiger charge is 2.17. The second-order valence-electron chi connectivity index (χ2n) is 6.00. The Morgan fingerprint density at radius 2 is 1.81 bits per heavy atom. The maximum Gasteiger partial charge on any atom is 0.246 e. The van der Waals surface area contributed by atoms with Crippen molar-refractivity contribution in [3.8, 4) is 0 Å². The van der Waals surface area contributed by atoms with Crippen LogP contribution in [0.25, 0.3) is 0 Å². The summed E-state index contributed by atoms with van der Waals surface area (Å²) in [7, 11) is 0. The highest BCUT2D eigenvalue weighted by molar-refractivity contribution is 5.97. The van der Waals surface area contributed by atoms with Crippen LogP contribution < -0.4 is 26.6 Å². The molecule has 1 aliphatic heterocycles. The average molecular weight is 420 g/mol. The van der Waals surface area contributed by atoms with Gasteiger partial charge in [0.05, 0.1) is 13.1 Å². The van der Waals surface area contributed by atoms with Crippen molar-refractivity contribution in [2.75, 3.05) is 36.4 Å². The van der Waals surface area contributed by atoms with Gasteiger partial charge in [0.1, 0.15) is 6.04 Å². The van der Waals surface area contributed by atoms with Crippen molar-refractivity contribution in [1.29, 1.82) is 0 Å². The van der Waals surface area contributed by atoms with E-state index in [1.54, 1.807) is 6.92 Å². The molecule has 0 bridgehead atoms. The van der Waals surface area contributed by atoms with E-state index < -0.39 is 17.9 Å². The Kier molecular flexibility index (Phi) is 11.4. The summed E-state index contributed by atoms with van der Waals surface area (Å²) in [4.78, 5) is 37.2. The van der Waals surface area contributed by atoms with Crippen LogP contribution in [-0.2, 0) is 14.4 Å². The topological polar surface area (TPSA) is 117 Å². The van der Waals surface area contributed by atoms with Gasteiger partial charge in [-0.1, -0.05) is 6.07 Å². The minimum atomic E-state index is -0.724. The van der Waals surface area contributed by atoms with Crippen LogP contribution in [0.3, 0.4) is 0 Å². The van der Waals surface area contributed by atoms with Gasteiger partial charge in [0, 0.05) is 24.5 Å². The number of halogens is 2. The molecule has 27 heavy (non-hydrogen) atoms. The predicted octanol–water partition coefficient (Wildman–Crippen LogP) is 0.649. The molecule has 1 aliphatic rings. The molecule has 1 atom stereocenters. The Balaban J connectivity index is 0.00000338. The molecule has 1 aromatic carbocycles. The van der Waals surface area contributed by atoms with Crippen LogP contribution in [0, 0.1) is 0 Å². The molecular formula is C17H27Cl2N5O3. The Morgan fingerprint density at radius 3 is 2.44 bits per heavy atom. The van der Waals surface area contributed by atoms with Crippen LogP contribution in [0.4, 0.5) is 11.4 Å². The van der Waals surface area contributed by atoms with Gasteiger partial charge in [-0.25, -0.2) is 0 Å². The average Bonchev–Trinajstić information content (AvgIpc) is 3.14. The molecule has 0 aromatic heterocycles.